The first-order chi connectivity index (χ1) is 10.7. The number of hydrogen-bond donors (Lipinski definition) is 1. The number of nitrogens with zero attached hydrogens (tertiary/aromatic N) is 1. The summed E-state index contributed by atoms with van der Waals surface area (Å²) in [5, 5.41) is 1.19. The van der Waals surface area contributed by atoms with Crippen molar-refractivity contribution in [1.29, 1.82) is 0 Å². The quantitative estimate of drug-likeness (QED) is 0.944. The Morgan fingerprint density at radius 3 is 2.64 bits per heavy atom. The Bertz CT molecular complexity index is 715. The zero-order valence-electron chi connectivity index (χ0n) is 11.9. The number of carbonyl (C=O) groups is 2. The van der Waals surface area contributed by atoms with Crippen molar-refractivity contribution in [3.8, 4) is 11.5 Å². The van der Waals surface area contributed by atoms with Crippen LogP contribution in [0.2, 0.25) is 0 Å². The molecule has 0 spiro atoms. The highest BCUT2D eigenvalue weighted by Gasteiger charge is 2.29. The molecule has 1 aliphatic rings. The van der Waals surface area contributed by atoms with Gasteiger partial charge in [0.05, 0.1) is 19.2 Å². The van der Waals surface area contributed by atoms with Crippen molar-refractivity contribution in [3.05, 3.63) is 54.1 Å². The molecule has 2 amide bonds. The van der Waals surface area contributed by atoms with Crippen molar-refractivity contribution in [2.45, 2.75) is 6.42 Å². The molecule has 112 valence electrons. The van der Waals surface area contributed by atoms with Crippen LogP contribution in [-0.2, 0) is 11.2 Å². The number of fused-ring (bicyclic) bond motifs is 1. The molecule has 0 aromatic heterocycles. The van der Waals surface area contributed by atoms with Gasteiger partial charge in [-0.3, -0.25) is 4.79 Å². The summed E-state index contributed by atoms with van der Waals surface area (Å²) in [6, 6.07) is 13.9. The Balaban J connectivity index is 1.73. The number of methoxy groups -OCH3 is 1. The van der Waals surface area contributed by atoms with Crippen molar-refractivity contribution in [2.24, 2.45) is 0 Å². The molecule has 0 aliphatic carbocycles. The zero-order valence-corrected chi connectivity index (χ0v) is 11.9. The first kappa shape index (κ1) is 13.9. The van der Waals surface area contributed by atoms with Gasteiger partial charge in [0.15, 0.2) is 0 Å². The van der Waals surface area contributed by atoms with Gasteiger partial charge in [0, 0.05) is 0 Å². The van der Waals surface area contributed by atoms with Gasteiger partial charge in [-0.25, -0.2) is 15.2 Å². The predicted octanol–water partition coefficient (Wildman–Crippen LogP) is 2.29. The van der Waals surface area contributed by atoms with Crippen molar-refractivity contribution in [1.82, 2.24) is 5.43 Å². The molecular weight excluding hydrogens is 284 g/mol. The zero-order chi connectivity index (χ0) is 15.5. The minimum Gasteiger partial charge on any atom is -0.497 e. The maximum Gasteiger partial charge on any atom is 0.432 e. The summed E-state index contributed by atoms with van der Waals surface area (Å²) in [6.07, 6.45) is -0.513. The number of amides is 2. The third-order valence-electron chi connectivity index (χ3n) is 3.28. The van der Waals surface area contributed by atoms with Crippen LogP contribution in [0, 0.1) is 0 Å². The second kappa shape index (κ2) is 5.77. The lowest BCUT2D eigenvalue weighted by atomic mass is 10.1. The number of ether oxygens (including phenoxy) is 2. The molecule has 2 aromatic carbocycles. The Labute approximate surface area is 127 Å². The van der Waals surface area contributed by atoms with Gasteiger partial charge < -0.3 is 9.47 Å². The lowest BCUT2D eigenvalue weighted by Crippen LogP contribution is -2.45. The topological polar surface area (TPSA) is 67.9 Å². The Morgan fingerprint density at radius 2 is 1.91 bits per heavy atom. The highest BCUT2D eigenvalue weighted by atomic mass is 16.6. The van der Waals surface area contributed by atoms with Crippen LogP contribution in [0.15, 0.2) is 48.5 Å². The molecule has 0 saturated heterocycles. The molecule has 6 nitrogen and oxygen atoms in total. The van der Waals surface area contributed by atoms with Crippen molar-refractivity contribution in [2.75, 3.05) is 12.1 Å². The molecule has 6 heteroatoms. The van der Waals surface area contributed by atoms with Gasteiger partial charge in [-0.2, -0.15) is 0 Å². The predicted molar refractivity (Wildman–Crippen MR) is 79.8 cm³/mol. The number of nitrogens with one attached hydrogen (secondary N) is 1. The highest BCUT2D eigenvalue weighted by Crippen LogP contribution is 2.30. The summed E-state index contributed by atoms with van der Waals surface area (Å²) >= 11 is 0. The van der Waals surface area contributed by atoms with Gasteiger partial charge in [0.2, 0.25) is 5.91 Å². The number of carbonyl (C=O) groups excluding carboxylic acids is 2. The van der Waals surface area contributed by atoms with Crippen LogP contribution in [0.1, 0.15) is 5.56 Å². The molecule has 22 heavy (non-hydrogen) atoms. The fourth-order valence-electron chi connectivity index (χ4n) is 2.26. The smallest absolute Gasteiger partial charge is 0.432 e. The summed E-state index contributed by atoms with van der Waals surface area (Å²) in [4.78, 5) is 23.9. The minimum absolute atomic E-state index is 0.206. The maximum absolute atomic E-state index is 12.0. The Kier molecular flexibility index (Phi) is 3.65. The first-order valence-electron chi connectivity index (χ1n) is 6.71. The molecule has 1 aliphatic heterocycles. The largest absolute Gasteiger partial charge is 0.497 e. The molecular formula is C16H14N2O4. The van der Waals surface area contributed by atoms with Crippen molar-refractivity contribution in [3.63, 3.8) is 0 Å². The molecule has 0 radical (unpaired) electrons. The van der Waals surface area contributed by atoms with E-state index in [1.54, 1.807) is 49.6 Å². The fraction of sp³-hybridized carbons (Fsp3) is 0.125. The fourth-order valence-corrected chi connectivity index (χ4v) is 2.26. The third-order valence-corrected chi connectivity index (χ3v) is 3.28. The van der Waals surface area contributed by atoms with E-state index in [4.69, 9.17) is 9.47 Å². The maximum atomic E-state index is 12.0. The van der Waals surface area contributed by atoms with Gasteiger partial charge in [0.25, 0.3) is 0 Å². The molecule has 1 heterocycles. The third kappa shape index (κ3) is 2.71. The average Bonchev–Trinajstić information content (AvgIpc) is 2.83. The van der Waals surface area contributed by atoms with Crippen LogP contribution in [-0.4, -0.2) is 19.1 Å². The molecule has 0 unspecified atom stereocenters. The van der Waals surface area contributed by atoms with E-state index in [1.165, 1.54) is 5.01 Å². The van der Waals surface area contributed by atoms with E-state index < -0.39 is 6.09 Å². The van der Waals surface area contributed by atoms with E-state index in [-0.39, 0.29) is 12.3 Å². The summed E-state index contributed by atoms with van der Waals surface area (Å²) in [6.45, 7) is 0. The van der Waals surface area contributed by atoms with E-state index >= 15 is 0 Å². The minimum atomic E-state index is -0.719. The number of hydrazine groups is 1. The summed E-state index contributed by atoms with van der Waals surface area (Å²) in [5.74, 6) is 0.843. The van der Waals surface area contributed by atoms with E-state index in [0.717, 1.165) is 5.56 Å². The van der Waals surface area contributed by atoms with Gasteiger partial charge in [0.1, 0.15) is 11.5 Å². The number of benzene rings is 2. The lowest BCUT2D eigenvalue weighted by Gasteiger charge is -2.18. The average molecular weight is 298 g/mol. The molecule has 2 aromatic rings. The van der Waals surface area contributed by atoms with Crippen LogP contribution >= 0.6 is 0 Å². The summed E-state index contributed by atoms with van der Waals surface area (Å²) in [5.41, 5.74) is 3.87. The molecule has 0 bridgehead atoms. The van der Waals surface area contributed by atoms with Crippen LogP contribution in [0.5, 0.6) is 11.5 Å². The molecule has 0 atom stereocenters. The Hall–Kier alpha value is -3.02. The lowest BCUT2D eigenvalue weighted by molar-refractivity contribution is -0.117. The van der Waals surface area contributed by atoms with E-state index in [1.807, 2.05) is 6.07 Å². The van der Waals surface area contributed by atoms with Crippen molar-refractivity contribution >= 4 is 17.7 Å². The van der Waals surface area contributed by atoms with Crippen molar-refractivity contribution < 1.29 is 19.1 Å². The normalized spacial score (nSPS) is 12.8. The van der Waals surface area contributed by atoms with Crippen LogP contribution in [0.3, 0.4) is 0 Å². The number of rotatable bonds is 3. The molecule has 0 saturated carbocycles. The molecule has 3 rings (SSSR count). The van der Waals surface area contributed by atoms with Gasteiger partial charge >= 0.3 is 6.09 Å². The standard InChI is InChI=1S/C16H14N2O4/c1-21-13-7-8-14-11(9-13)10-15(19)18(14)17-16(20)22-12-5-3-2-4-6-12/h2-9H,10H2,1H3,(H,17,20). The van der Waals surface area contributed by atoms with E-state index in [0.29, 0.717) is 17.2 Å². The molecule has 1 N–H and O–H groups in total. The van der Waals surface area contributed by atoms with E-state index in [2.05, 4.69) is 5.43 Å². The first-order valence-corrected chi connectivity index (χ1v) is 6.71. The van der Waals surface area contributed by atoms with Gasteiger partial charge in [-0.1, -0.05) is 18.2 Å². The second-order valence-electron chi connectivity index (χ2n) is 4.71. The van der Waals surface area contributed by atoms with Crippen LogP contribution in [0.4, 0.5) is 10.5 Å². The van der Waals surface area contributed by atoms with Gasteiger partial charge in [-0.15, -0.1) is 0 Å². The van der Waals surface area contributed by atoms with E-state index in [9.17, 15) is 9.59 Å². The van der Waals surface area contributed by atoms with Crippen LogP contribution in [0.25, 0.3) is 0 Å². The Morgan fingerprint density at radius 1 is 1.14 bits per heavy atom. The van der Waals surface area contributed by atoms with Crippen LogP contribution < -0.4 is 19.9 Å². The summed E-state index contributed by atoms with van der Waals surface area (Å²) in [7, 11) is 1.56. The number of anilines is 1. The summed E-state index contributed by atoms with van der Waals surface area (Å²) < 4.78 is 10.2. The highest BCUT2D eigenvalue weighted by molar-refractivity contribution is 6.02. The molecule has 0 fully saturated rings. The second-order valence-corrected chi connectivity index (χ2v) is 4.71. The number of para-hydroxylation sites is 1. The SMILES string of the molecule is COc1ccc2c(c1)CC(=O)N2NC(=O)Oc1ccccc1. The number of hydrogen-bond acceptors (Lipinski definition) is 4. The van der Waals surface area contributed by atoms with Gasteiger partial charge in [-0.05, 0) is 35.9 Å². The monoisotopic (exact) mass is 298 g/mol.